The molecule has 130 valence electrons. The van der Waals surface area contributed by atoms with E-state index in [1.54, 1.807) is 17.4 Å². The van der Waals surface area contributed by atoms with Gasteiger partial charge in [-0.2, -0.15) is 0 Å². The molecule has 0 aliphatic carbocycles. The fourth-order valence-corrected chi connectivity index (χ4v) is 3.59. The van der Waals surface area contributed by atoms with Gasteiger partial charge in [0.1, 0.15) is 0 Å². The molecule has 0 saturated carbocycles. The van der Waals surface area contributed by atoms with Gasteiger partial charge in [-0.05, 0) is 30.2 Å². The third kappa shape index (κ3) is 3.02. The van der Waals surface area contributed by atoms with Crippen LogP contribution in [0.25, 0.3) is 5.69 Å². The quantitative estimate of drug-likeness (QED) is 0.818. The van der Waals surface area contributed by atoms with Gasteiger partial charge in [0, 0.05) is 50.8 Å². The molecule has 1 aromatic heterocycles. The van der Waals surface area contributed by atoms with Gasteiger partial charge in [0.15, 0.2) is 0 Å². The van der Waals surface area contributed by atoms with E-state index in [-0.39, 0.29) is 6.04 Å². The molecule has 0 spiro atoms. The molecular formula is C18H21N5O2. The smallest absolute Gasteiger partial charge is 0.312 e. The van der Waals surface area contributed by atoms with Crippen LogP contribution in [0.3, 0.4) is 0 Å². The summed E-state index contributed by atoms with van der Waals surface area (Å²) in [5, 5.41) is 2.68. The number of aromatic nitrogens is 2. The van der Waals surface area contributed by atoms with Crippen LogP contribution < -0.4 is 5.32 Å². The Hall–Kier alpha value is -2.67. The van der Waals surface area contributed by atoms with E-state index < -0.39 is 11.8 Å². The summed E-state index contributed by atoms with van der Waals surface area (Å²) in [5.74, 6) is -0.868. The van der Waals surface area contributed by atoms with Crippen molar-refractivity contribution < 1.29 is 9.59 Å². The molecule has 7 heteroatoms. The van der Waals surface area contributed by atoms with E-state index in [2.05, 4.69) is 40.3 Å². The third-order valence-electron chi connectivity index (χ3n) is 5.04. The molecule has 7 nitrogen and oxygen atoms in total. The van der Waals surface area contributed by atoms with E-state index in [1.807, 2.05) is 10.8 Å². The van der Waals surface area contributed by atoms with Crippen molar-refractivity contribution in [2.45, 2.75) is 19.5 Å². The second-order valence-electron chi connectivity index (χ2n) is 6.68. The van der Waals surface area contributed by atoms with Gasteiger partial charge >= 0.3 is 11.8 Å². The van der Waals surface area contributed by atoms with E-state index in [1.165, 1.54) is 11.1 Å². The second kappa shape index (κ2) is 6.33. The Kier molecular flexibility index (Phi) is 4.01. The molecule has 4 rings (SSSR count). The maximum atomic E-state index is 11.9. The van der Waals surface area contributed by atoms with Crippen LogP contribution >= 0.6 is 0 Å². The Morgan fingerprint density at radius 2 is 2.16 bits per heavy atom. The summed E-state index contributed by atoms with van der Waals surface area (Å²) in [6.45, 7) is 5.70. The molecule has 2 aromatic rings. The van der Waals surface area contributed by atoms with E-state index in [4.69, 9.17) is 0 Å². The number of fused-ring (bicyclic) bond motifs is 1. The minimum Gasteiger partial charge on any atom is -0.346 e. The molecule has 2 amide bonds. The number of carbonyl (C=O) groups excluding carboxylic acids is 2. The van der Waals surface area contributed by atoms with Crippen LogP contribution in [0.5, 0.6) is 0 Å². The Labute approximate surface area is 146 Å². The van der Waals surface area contributed by atoms with Gasteiger partial charge in [0.05, 0.1) is 12.4 Å². The number of amides is 2. The van der Waals surface area contributed by atoms with Gasteiger partial charge in [0.25, 0.3) is 0 Å². The monoisotopic (exact) mass is 339 g/mol. The van der Waals surface area contributed by atoms with Gasteiger partial charge in [-0.3, -0.25) is 14.5 Å². The lowest BCUT2D eigenvalue weighted by Gasteiger charge is -2.43. The largest absolute Gasteiger partial charge is 0.346 e. The topological polar surface area (TPSA) is 70.5 Å². The van der Waals surface area contributed by atoms with E-state index in [0.29, 0.717) is 13.1 Å². The molecule has 0 bridgehead atoms. The summed E-state index contributed by atoms with van der Waals surface area (Å²) in [5.41, 5.74) is 3.62. The molecule has 25 heavy (non-hydrogen) atoms. The van der Waals surface area contributed by atoms with Crippen LogP contribution in [0.2, 0.25) is 0 Å². The number of carbonyl (C=O) groups is 2. The van der Waals surface area contributed by atoms with Crippen molar-refractivity contribution in [2.24, 2.45) is 0 Å². The first-order chi connectivity index (χ1) is 12.1. The van der Waals surface area contributed by atoms with Crippen LogP contribution in [0.15, 0.2) is 36.9 Å². The van der Waals surface area contributed by atoms with Crippen molar-refractivity contribution in [3.05, 3.63) is 48.0 Å². The molecule has 2 saturated heterocycles. The number of imidazole rings is 1. The Morgan fingerprint density at radius 3 is 2.92 bits per heavy atom. The average molecular weight is 339 g/mol. The molecule has 2 aliphatic heterocycles. The van der Waals surface area contributed by atoms with Crippen molar-refractivity contribution in [1.82, 2.24) is 24.7 Å². The number of rotatable bonds is 3. The average Bonchev–Trinajstić information content (AvgIpc) is 3.15. The number of aryl methyl sites for hydroxylation is 1. The summed E-state index contributed by atoms with van der Waals surface area (Å²) in [4.78, 5) is 31.5. The fourth-order valence-electron chi connectivity index (χ4n) is 3.59. The highest BCUT2D eigenvalue weighted by molar-refractivity contribution is 6.35. The first-order valence-electron chi connectivity index (χ1n) is 8.51. The number of piperazine rings is 2. The Balaban J connectivity index is 1.45. The molecule has 1 aromatic carbocycles. The van der Waals surface area contributed by atoms with Crippen molar-refractivity contribution in [2.75, 3.05) is 26.2 Å². The first-order valence-corrected chi connectivity index (χ1v) is 8.51. The SMILES string of the molecule is Cc1cc(-n2ccnc2)ccc1CN1CCN2C(=O)C(=O)NC[C@H]2C1. The van der Waals surface area contributed by atoms with Crippen LogP contribution in [-0.2, 0) is 16.1 Å². The fraction of sp³-hybridized carbons (Fsp3) is 0.389. The predicted octanol–water partition coefficient (Wildman–Crippen LogP) is 0.323. The van der Waals surface area contributed by atoms with Gasteiger partial charge in [0.2, 0.25) is 0 Å². The molecule has 0 unspecified atom stereocenters. The summed E-state index contributed by atoms with van der Waals surface area (Å²) in [7, 11) is 0. The molecule has 2 fully saturated rings. The molecule has 1 atom stereocenters. The summed E-state index contributed by atoms with van der Waals surface area (Å²) < 4.78 is 1.99. The molecule has 3 heterocycles. The Bertz CT molecular complexity index is 802. The van der Waals surface area contributed by atoms with E-state index >= 15 is 0 Å². The first kappa shape index (κ1) is 15.8. The van der Waals surface area contributed by atoms with E-state index in [0.717, 1.165) is 25.3 Å². The summed E-state index contributed by atoms with van der Waals surface area (Å²) in [6.07, 6.45) is 5.50. The van der Waals surface area contributed by atoms with Crippen LogP contribution in [0, 0.1) is 6.92 Å². The molecule has 1 N–H and O–H groups in total. The highest BCUT2D eigenvalue weighted by Gasteiger charge is 2.37. The van der Waals surface area contributed by atoms with Gasteiger partial charge in [-0.25, -0.2) is 4.98 Å². The summed E-state index contributed by atoms with van der Waals surface area (Å²) >= 11 is 0. The molecular weight excluding hydrogens is 318 g/mol. The maximum absolute atomic E-state index is 11.9. The molecule has 0 radical (unpaired) electrons. The molecule has 2 aliphatic rings. The predicted molar refractivity (Wildman–Crippen MR) is 92.1 cm³/mol. The lowest BCUT2D eigenvalue weighted by atomic mass is 10.0. The minimum atomic E-state index is -0.476. The van der Waals surface area contributed by atoms with Crippen molar-refractivity contribution in [3.8, 4) is 5.69 Å². The number of nitrogens with one attached hydrogen (secondary N) is 1. The number of nitrogens with zero attached hydrogens (tertiary/aromatic N) is 4. The van der Waals surface area contributed by atoms with Crippen molar-refractivity contribution in [3.63, 3.8) is 0 Å². The van der Waals surface area contributed by atoms with Crippen molar-refractivity contribution >= 4 is 11.8 Å². The summed E-state index contributed by atoms with van der Waals surface area (Å²) in [6, 6.07) is 6.50. The zero-order chi connectivity index (χ0) is 17.4. The minimum absolute atomic E-state index is 0.0736. The van der Waals surface area contributed by atoms with Gasteiger partial charge < -0.3 is 14.8 Å². The normalized spacial score (nSPS) is 21.2. The van der Waals surface area contributed by atoms with Gasteiger partial charge in [-0.15, -0.1) is 0 Å². The van der Waals surface area contributed by atoms with Crippen molar-refractivity contribution in [1.29, 1.82) is 0 Å². The van der Waals surface area contributed by atoms with Crippen LogP contribution in [0.4, 0.5) is 0 Å². The number of hydrogen-bond donors (Lipinski definition) is 1. The highest BCUT2D eigenvalue weighted by Crippen LogP contribution is 2.19. The highest BCUT2D eigenvalue weighted by atomic mass is 16.2. The number of benzene rings is 1. The van der Waals surface area contributed by atoms with Gasteiger partial charge in [-0.1, -0.05) is 6.07 Å². The van der Waals surface area contributed by atoms with Crippen LogP contribution in [-0.4, -0.2) is 63.4 Å². The standard InChI is InChI=1S/C18H21N5O2/c1-13-8-15(22-5-4-19-12-22)3-2-14(13)10-21-6-7-23-16(11-21)9-20-17(24)18(23)25/h2-5,8,12,16H,6-7,9-11H2,1H3,(H,20,24)/t16-/m0/s1. The zero-order valence-electron chi connectivity index (χ0n) is 14.2. The number of hydrogen-bond acceptors (Lipinski definition) is 4. The second-order valence-corrected chi connectivity index (χ2v) is 6.68. The van der Waals surface area contributed by atoms with Crippen LogP contribution in [0.1, 0.15) is 11.1 Å². The van der Waals surface area contributed by atoms with E-state index in [9.17, 15) is 9.59 Å². The lowest BCUT2D eigenvalue weighted by molar-refractivity contribution is -0.152. The lowest BCUT2D eigenvalue weighted by Crippen LogP contribution is -2.65. The third-order valence-corrected chi connectivity index (χ3v) is 5.04. The zero-order valence-corrected chi connectivity index (χ0v) is 14.2. The Morgan fingerprint density at radius 1 is 1.28 bits per heavy atom. The maximum Gasteiger partial charge on any atom is 0.312 e.